The summed E-state index contributed by atoms with van der Waals surface area (Å²) >= 11 is 0. The second-order valence-electron chi connectivity index (χ2n) is 6.30. The average molecular weight is 393 g/mol. The lowest BCUT2D eigenvalue weighted by Gasteiger charge is -2.22. The van der Waals surface area contributed by atoms with Gasteiger partial charge in [-0.3, -0.25) is 4.79 Å². The predicted molar refractivity (Wildman–Crippen MR) is 115 cm³/mol. The van der Waals surface area contributed by atoms with Crippen LogP contribution in [0.4, 0.5) is 5.69 Å². The number of anilines is 1. The zero-order valence-corrected chi connectivity index (χ0v) is 17.4. The molecule has 2 aromatic carbocycles. The summed E-state index contributed by atoms with van der Waals surface area (Å²) in [5.41, 5.74) is 2.65. The van der Waals surface area contributed by atoms with Gasteiger partial charge in [0.15, 0.2) is 0 Å². The lowest BCUT2D eigenvalue weighted by Crippen LogP contribution is -2.24. The van der Waals surface area contributed by atoms with Gasteiger partial charge in [-0.05, 0) is 49.8 Å². The van der Waals surface area contributed by atoms with Crippen molar-refractivity contribution in [3.8, 4) is 17.6 Å². The fourth-order valence-corrected chi connectivity index (χ4v) is 2.93. The molecular formula is C23H27N3O3. The van der Waals surface area contributed by atoms with Gasteiger partial charge in [-0.1, -0.05) is 12.1 Å². The minimum absolute atomic E-state index is 0.0207. The van der Waals surface area contributed by atoms with Crippen molar-refractivity contribution in [3.05, 3.63) is 59.2 Å². The number of nitrogens with one attached hydrogen (secondary N) is 1. The van der Waals surface area contributed by atoms with Gasteiger partial charge in [-0.2, -0.15) is 5.26 Å². The molecule has 2 aromatic rings. The summed E-state index contributed by atoms with van der Waals surface area (Å²) in [5.74, 6) is 0.932. The Bertz CT molecular complexity index is 895. The fraction of sp³-hybridized carbons (Fsp3) is 0.304. The summed E-state index contributed by atoms with van der Waals surface area (Å²) in [6.07, 6.45) is 1.55. The van der Waals surface area contributed by atoms with Crippen LogP contribution in [0.2, 0.25) is 0 Å². The summed E-state index contributed by atoms with van der Waals surface area (Å²) in [6, 6.07) is 15.1. The molecular weight excluding hydrogens is 366 g/mol. The molecule has 2 rings (SSSR count). The van der Waals surface area contributed by atoms with Crippen LogP contribution in [0.5, 0.6) is 11.5 Å². The van der Waals surface area contributed by atoms with E-state index in [1.807, 2.05) is 48.5 Å². The minimum Gasteiger partial charge on any atom is -0.497 e. The van der Waals surface area contributed by atoms with Crippen LogP contribution in [0, 0.1) is 11.3 Å². The van der Waals surface area contributed by atoms with Gasteiger partial charge in [-0.15, -0.1) is 0 Å². The summed E-state index contributed by atoms with van der Waals surface area (Å²) < 4.78 is 10.6. The molecule has 0 spiro atoms. The van der Waals surface area contributed by atoms with Gasteiger partial charge in [0.1, 0.15) is 23.1 Å². The number of benzene rings is 2. The average Bonchev–Trinajstić information content (AvgIpc) is 2.77. The molecule has 6 heteroatoms. The number of nitrogens with zero attached hydrogens (tertiary/aromatic N) is 2. The summed E-state index contributed by atoms with van der Waals surface area (Å²) in [5, 5.41) is 12.2. The fourth-order valence-electron chi connectivity index (χ4n) is 2.93. The molecule has 0 fully saturated rings. The highest BCUT2D eigenvalue weighted by atomic mass is 16.5. The highest BCUT2D eigenvalue weighted by Gasteiger charge is 2.12. The van der Waals surface area contributed by atoms with E-state index in [9.17, 15) is 10.1 Å². The van der Waals surface area contributed by atoms with E-state index in [0.29, 0.717) is 17.9 Å². The van der Waals surface area contributed by atoms with E-state index in [-0.39, 0.29) is 5.57 Å². The number of hydrogen-bond donors (Lipinski definition) is 1. The first-order valence-electron chi connectivity index (χ1n) is 9.52. The molecule has 152 valence electrons. The highest BCUT2D eigenvalue weighted by molar-refractivity contribution is 6.02. The van der Waals surface area contributed by atoms with Crippen LogP contribution in [0.3, 0.4) is 0 Å². The topological polar surface area (TPSA) is 74.6 Å². The van der Waals surface area contributed by atoms with Crippen molar-refractivity contribution in [3.63, 3.8) is 0 Å². The zero-order chi connectivity index (χ0) is 21.2. The normalized spacial score (nSPS) is 10.8. The van der Waals surface area contributed by atoms with Crippen molar-refractivity contribution in [2.24, 2.45) is 0 Å². The van der Waals surface area contributed by atoms with Crippen molar-refractivity contribution in [1.29, 1.82) is 5.26 Å². The van der Waals surface area contributed by atoms with E-state index in [4.69, 9.17) is 9.47 Å². The number of ether oxygens (including phenoxy) is 2. The van der Waals surface area contributed by atoms with Crippen LogP contribution in [0.1, 0.15) is 25.0 Å². The van der Waals surface area contributed by atoms with Crippen LogP contribution in [-0.4, -0.2) is 33.2 Å². The molecule has 0 bridgehead atoms. The number of amides is 1. The van der Waals surface area contributed by atoms with Crippen LogP contribution < -0.4 is 19.7 Å². The van der Waals surface area contributed by atoms with Crippen molar-refractivity contribution in [2.75, 3.05) is 32.2 Å². The Balaban J connectivity index is 2.16. The van der Waals surface area contributed by atoms with E-state index in [1.165, 1.54) is 0 Å². The van der Waals surface area contributed by atoms with Gasteiger partial charge in [0.2, 0.25) is 0 Å². The monoisotopic (exact) mass is 393 g/mol. The molecule has 1 N–H and O–H groups in total. The van der Waals surface area contributed by atoms with E-state index < -0.39 is 5.91 Å². The molecule has 0 aliphatic carbocycles. The van der Waals surface area contributed by atoms with Gasteiger partial charge in [-0.25, -0.2) is 0 Å². The molecule has 0 saturated carbocycles. The Morgan fingerprint density at radius 1 is 1.10 bits per heavy atom. The Hall–Kier alpha value is -3.46. The molecule has 6 nitrogen and oxygen atoms in total. The van der Waals surface area contributed by atoms with Crippen LogP contribution in [0.15, 0.2) is 48.0 Å². The number of methoxy groups -OCH3 is 2. The van der Waals surface area contributed by atoms with E-state index in [0.717, 1.165) is 30.1 Å². The molecule has 0 heterocycles. The van der Waals surface area contributed by atoms with Gasteiger partial charge < -0.3 is 19.7 Å². The number of rotatable bonds is 9. The first-order chi connectivity index (χ1) is 14.1. The molecule has 0 aliphatic rings. The molecule has 0 aromatic heterocycles. The standard InChI is InChI=1S/C23H27N3O3/c1-5-26(6-2)20-10-9-18(22(14-20)29-4)13-19(15-24)23(27)25-16-17-7-11-21(28-3)12-8-17/h7-14H,5-6,16H2,1-4H3,(H,25,27)/b19-13-. The molecule has 1 amide bonds. The molecule has 0 unspecified atom stereocenters. The largest absolute Gasteiger partial charge is 0.497 e. The molecule has 29 heavy (non-hydrogen) atoms. The third-order valence-electron chi connectivity index (χ3n) is 4.62. The Kier molecular flexibility index (Phi) is 8.11. The second-order valence-corrected chi connectivity index (χ2v) is 6.30. The first kappa shape index (κ1) is 21.8. The van der Waals surface area contributed by atoms with Crippen LogP contribution in [0.25, 0.3) is 6.08 Å². The maximum atomic E-state index is 12.5. The quantitative estimate of drug-likeness (QED) is 0.518. The lowest BCUT2D eigenvalue weighted by molar-refractivity contribution is -0.117. The zero-order valence-electron chi connectivity index (χ0n) is 17.4. The van der Waals surface area contributed by atoms with Crippen LogP contribution in [-0.2, 0) is 11.3 Å². The van der Waals surface area contributed by atoms with Crippen molar-refractivity contribution in [1.82, 2.24) is 5.32 Å². The number of carbonyl (C=O) groups is 1. The summed E-state index contributed by atoms with van der Waals surface area (Å²) in [6.45, 7) is 6.26. The predicted octanol–water partition coefficient (Wildman–Crippen LogP) is 3.77. The van der Waals surface area contributed by atoms with E-state index in [1.54, 1.807) is 20.3 Å². The molecule has 0 saturated heterocycles. The molecule has 0 atom stereocenters. The Morgan fingerprint density at radius 3 is 2.34 bits per heavy atom. The number of hydrogen-bond acceptors (Lipinski definition) is 5. The third kappa shape index (κ3) is 5.76. The highest BCUT2D eigenvalue weighted by Crippen LogP contribution is 2.27. The smallest absolute Gasteiger partial charge is 0.262 e. The van der Waals surface area contributed by atoms with Crippen molar-refractivity contribution < 1.29 is 14.3 Å². The lowest BCUT2D eigenvalue weighted by atomic mass is 10.1. The Morgan fingerprint density at radius 2 is 1.79 bits per heavy atom. The SMILES string of the molecule is CCN(CC)c1ccc(/C=C(/C#N)C(=O)NCc2ccc(OC)cc2)c(OC)c1. The maximum absolute atomic E-state index is 12.5. The number of nitriles is 1. The van der Waals surface area contributed by atoms with Gasteiger partial charge in [0, 0.05) is 37.0 Å². The van der Waals surface area contributed by atoms with E-state index >= 15 is 0 Å². The van der Waals surface area contributed by atoms with Gasteiger partial charge in [0.05, 0.1) is 14.2 Å². The van der Waals surface area contributed by atoms with Crippen LogP contribution >= 0.6 is 0 Å². The van der Waals surface area contributed by atoms with Crippen molar-refractivity contribution in [2.45, 2.75) is 20.4 Å². The third-order valence-corrected chi connectivity index (χ3v) is 4.62. The molecule has 0 aliphatic heterocycles. The first-order valence-corrected chi connectivity index (χ1v) is 9.52. The van der Waals surface area contributed by atoms with Gasteiger partial charge in [0.25, 0.3) is 5.91 Å². The Labute approximate surface area is 172 Å². The van der Waals surface area contributed by atoms with Gasteiger partial charge >= 0.3 is 0 Å². The maximum Gasteiger partial charge on any atom is 0.262 e. The van der Waals surface area contributed by atoms with E-state index in [2.05, 4.69) is 24.1 Å². The number of carbonyl (C=O) groups excluding carboxylic acids is 1. The summed E-state index contributed by atoms with van der Waals surface area (Å²) in [4.78, 5) is 14.7. The summed E-state index contributed by atoms with van der Waals surface area (Å²) in [7, 11) is 3.18. The van der Waals surface area contributed by atoms with Crippen molar-refractivity contribution >= 4 is 17.7 Å². The minimum atomic E-state index is -0.432. The second kappa shape index (κ2) is 10.8. The molecule has 0 radical (unpaired) electrons.